The second kappa shape index (κ2) is 6.41. The molecule has 2 rings (SSSR count). The Morgan fingerprint density at radius 3 is 2.84 bits per heavy atom. The molecule has 0 bridgehead atoms. The standard InChI is InChI=1S/C13H21N3O2S/c1-9-5-3-4-6-11(9)7-16-10(2)14-15-13(16)19-8-12(17)18/h9,11H,3-8H2,1-2H3,(H,17,18). The quantitative estimate of drug-likeness (QED) is 0.841. The molecule has 2 atom stereocenters. The highest BCUT2D eigenvalue weighted by molar-refractivity contribution is 7.99. The molecule has 5 nitrogen and oxygen atoms in total. The Kier molecular flexibility index (Phi) is 4.85. The molecule has 1 fully saturated rings. The second-order valence-corrected chi connectivity index (χ2v) is 6.29. The summed E-state index contributed by atoms with van der Waals surface area (Å²) >= 11 is 1.26. The molecule has 6 heteroatoms. The van der Waals surface area contributed by atoms with Crippen LogP contribution in [0.1, 0.15) is 38.4 Å². The van der Waals surface area contributed by atoms with Crippen molar-refractivity contribution in [2.45, 2.75) is 51.2 Å². The number of aromatic nitrogens is 3. The van der Waals surface area contributed by atoms with E-state index in [1.54, 1.807) is 0 Å². The predicted molar refractivity (Wildman–Crippen MR) is 74.2 cm³/mol. The van der Waals surface area contributed by atoms with Crippen molar-refractivity contribution < 1.29 is 9.90 Å². The Balaban J connectivity index is 2.05. The van der Waals surface area contributed by atoms with Crippen molar-refractivity contribution in [1.29, 1.82) is 0 Å². The van der Waals surface area contributed by atoms with Gasteiger partial charge < -0.3 is 9.67 Å². The SMILES string of the molecule is Cc1nnc(SCC(=O)O)n1CC1CCCCC1C. The minimum atomic E-state index is -0.816. The Labute approximate surface area is 117 Å². The monoisotopic (exact) mass is 283 g/mol. The number of carboxylic acid groups (broad SMARTS) is 1. The zero-order valence-electron chi connectivity index (χ0n) is 11.5. The number of carbonyl (C=O) groups is 1. The van der Waals surface area contributed by atoms with E-state index in [1.165, 1.54) is 37.4 Å². The molecular formula is C13H21N3O2S. The lowest BCUT2D eigenvalue weighted by Crippen LogP contribution is -2.23. The zero-order chi connectivity index (χ0) is 13.8. The van der Waals surface area contributed by atoms with E-state index in [1.807, 2.05) is 6.92 Å². The molecule has 2 unspecified atom stereocenters. The Morgan fingerprint density at radius 2 is 2.16 bits per heavy atom. The fraction of sp³-hybridized carbons (Fsp3) is 0.769. The van der Waals surface area contributed by atoms with Crippen LogP contribution in [-0.4, -0.2) is 31.6 Å². The number of hydrogen-bond donors (Lipinski definition) is 1. The van der Waals surface area contributed by atoms with Crippen molar-refractivity contribution in [3.05, 3.63) is 5.82 Å². The first-order valence-corrected chi connectivity index (χ1v) is 7.81. The average molecular weight is 283 g/mol. The van der Waals surface area contributed by atoms with Crippen molar-refractivity contribution in [3.8, 4) is 0 Å². The maximum absolute atomic E-state index is 10.7. The normalized spacial score (nSPS) is 23.5. The highest BCUT2D eigenvalue weighted by Gasteiger charge is 2.23. The van der Waals surface area contributed by atoms with E-state index in [9.17, 15) is 4.79 Å². The van der Waals surface area contributed by atoms with E-state index in [-0.39, 0.29) is 5.75 Å². The Bertz CT molecular complexity index is 447. The minimum Gasteiger partial charge on any atom is -0.481 e. The van der Waals surface area contributed by atoms with Crippen LogP contribution in [0, 0.1) is 18.8 Å². The third-order valence-electron chi connectivity index (χ3n) is 3.93. The van der Waals surface area contributed by atoms with Gasteiger partial charge >= 0.3 is 5.97 Å². The van der Waals surface area contributed by atoms with Crippen LogP contribution in [0.25, 0.3) is 0 Å². The van der Waals surface area contributed by atoms with Crippen LogP contribution < -0.4 is 0 Å². The van der Waals surface area contributed by atoms with Gasteiger partial charge in [-0.1, -0.05) is 37.9 Å². The smallest absolute Gasteiger partial charge is 0.313 e. The first kappa shape index (κ1) is 14.4. The molecule has 1 aromatic rings. The summed E-state index contributed by atoms with van der Waals surface area (Å²) in [6.07, 6.45) is 5.18. The molecule has 0 saturated heterocycles. The molecule has 1 saturated carbocycles. The molecule has 0 amide bonds. The number of aliphatic carboxylic acids is 1. The van der Waals surface area contributed by atoms with Gasteiger partial charge in [-0.25, -0.2) is 0 Å². The topological polar surface area (TPSA) is 68.0 Å². The van der Waals surface area contributed by atoms with Crippen molar-refractivity contribution in [2.75, 3.05) is 5.75 Å². The van der Waals surface area contributed by atoms with Crippen molar-refractivity contribution in [1.82, 2.24) is 14.8 Å². The van der Waals surface area contributed by atoms with Crippen LogP contribution in [0.3, 0.4) is 0 Å². The van der Waals surface area contributed by atoms with E-state index in [0.29, 0.717) is 5.92 Å². The van der Waals surface area contributed by atoms with Crippen molar-refractivity contribution in [3.63, 3.8) is 0 Å². The van der Waals surface area contributed by atoms with Gasteiger partial charge in [0, 0.05) is 6.54 Å². The molecule has 1 aliphatic rings. The number of carboxylic acids is 1. The van der Waals surface area contributed by atoms with Crippen molar-refractivity contribution in [2.24, 2.45) is 11.8 Å². The number of thioether (sulfide) groups is 1. The Morgan fingerprint density at radius 1 is 1.42 bits per heavy atom. The Hall–Kier alpha value is -1.04. The van der Waals surface area contributed by atoms with Gasteiger partial charge in [0.05, 0.1) is 5.75 Å². The first-order chi connectivity index (χ1) is 9.08. The highest BCUT2D eigenvalue weighted by Crippen LogP contribution is 2.32. The fourth-order valence-corrected chi connectivity index (χ4v) is 3.42. The second-order valence-electron chi connectivity index (χ2n) is 5.34. The van der Waals surface area contributed by atoms with Gasteiger partial charge in [-0.2, -0.15) is 0 Å². The average Bonchev–Trinajstić information content (AvgIpc) is 2.71. The maximum Gasteiger partial charge on any atom is 0.313 e. The summed E-state index contributed by atoms with van der Waals surface area (Å²) in [5.41, 5.74) is 0. The van der Waals surface area contributed by atoms with E-state index >= 15 is 0 Å². The summed E-state index contributed by atoms with van der Waals surface area (Å²) in [5, 5.41) is 17.7. The molecule has 1 heterocycles. The zero-order valence-corrected chi connectivity index (χ0v) is 12.3. The van der Waals surface area contributed by atoms with Crippen LogP contribution in [-0.2, 0) is 11.3 Å². The minimum absolute atomic E-state index is 0.0400. The molecule has 1 N–H and O–H groups in total. The number of aryl methyl sites for hydroxylation is 1. The van der Waals surface area contributed by atoms with Crippen LogP contribution in [0.2, 0.25) is 0 Å². The predicted octanol–water partition coefficient (Wildman–Crippen LogP) is 2.59. The number of nitrogens with zero attached hydrogens (tertiary/aromatic N) is 3. The van der Waals surface area contributed by atoms with E-state index in [0.717, 1.165) is 23.4 Å². The van der Waals surface area contributed by atoms with Crippen molar-refractivity contribution >= 4 is 17.7 Å². The summed E-state index contributed by atoms with van der Waals surface area (Å²) < 4.78 is 2.08. The van der Waals surface area contributed by atoms with Gasteiger partial charge in [0.1, 0.15) is 5.82 Å². The fourth-order valence-electron chi connectivity index (χ4n) is 2.70. The van der Waals surface area contributed by atoms with Crippen LogP contribution in [0.4, 0.5) is 0 Å². The van der Waals surface area contributed by atoms with Gasteiger partial charge in [-0.15, -0.1) is 10.2 Å². The molecule has 19 heavy (non-hydrogen) atoms. The summed E-state index contributed by atoms with van der Waals surface area (Å²) in [6, 6.07) is 0. The van der Waals surface area contributed by atoms with E-state index in [4.69, 9.17) is 5.11 Å². The summed E-state index contributed by atoms with van der Waals surface area (Å²) in [6.45, 7) is 5.17. The third-order valence-corrected chi connectivity index (χ3v) is 4.88. The van der Waals surface area contributed by atoms with Gasteiger partial charge in [0.15, 0.2) is 5.16 Å². The molecule has 1 aromatic heterocycles. The lowest BCUT2D eigenvalue weighted by Gasteiger charge is -2.29. The maximum atomic E-state index is 10.7. The highest BCUT2D eigenvalue weighted by atomic mass is 32.2. The first-order valence-electron chi connectivity index (χ1n) is 6.82. The van der Waals surface area contributed by atoms with Crippen LogP contribution >= 0.6 is 11.8 Å². The molecule has 1 aliphatic carbocycles. The summed E-state index contributed by atoms with van der Waals surface area (Å²) in [5.74, 6) is 1.49. The van der Waals surface area contributed by atoms with Gasteiger partial charge in [-0.3, -0.25) is 4.79 Å². The van der Waals surface area contributed by atoms with E-state index in [2.05, 4.69) is 21.7 Å². The third kappa shape index (κ3) is 3.72. The number of hydrogen-bond acceptors (Lipinski definition) is 4. The molecule has 0 aliphatic heterocycles. The van der Waals surface area contributed by atoms with Gasteiger partial charge in [0.2, 0.25) is 0 Å². The molecule has 106 valence electrons. The largest absolute Gasteiger partial charge is 0.481 e. The molecule has 0 aromatic carbocycles. The van der Waals surface area contributed by atoms with Gasteiger partial charge in [-0.05, 0) is 25.2 Å². The molecular weight excluding hydrogens is 262 g/mol. The van der Waals surface area contributed by atoms with Crippen LogP contribution in [0.5, 0.6) is 0 Å². The summed E-state index contributed by atoms with van der Waals surface area (Å²) in [7, 11) is 0. The number of rotatable bonds is 5. The van der Waals surface area contributed by atoms with E-state index < -0.39 is 5.97 Å². The van der Waals surface area contributed by atoms with Crippen LogP contribution in [0.15, 0.2) is 5.16 Å². The molecule has 0 radical (unpaired) electrons. The van der Waals surface area contributed by atoms with Gasteiger partial charge in [0.25, 0.3) is 0 Å². The molecule has 0 spiro atoms. The lowest BCUT2D eigenvalue weighted by molar-refractivity contribution is -0.133. The summed E-state index contributed by atoms with van der Waals surface area (Å²) in [4.78, 5) is 10.7. The lowest BCUT2D eigenvalue weighted by atomic mass is 9.80.